The molecule has 2 aromatic carbocycles. The van der Waals surface area contributed by atoms with Gasteiger partial charge in [0.1, 0.15) is 5.82 Å². The molecule has 1 atom stereocenters. The lowest BCUT2D eigenvalue weighted by atomic mass is 9.91. The van der Waals surface area contributed by atoms with Gasteiger partial charge in [0, 0.05) is 23.4 Å². The summed E-state index contributed by atoms with van der Waals surface area (Å²) in [5, 5.41) is 3.39. The summed E-state index contributed by atoms with van der Waals surface area (Å²) in [6, 6.07) is 10.2. The third kappa shape index (κ3) is 4.07. The lowest BCUT2D eigenvalue weighted by Gasteiger charge is -2.30. The summed E-state index contributed by atoms with van der Waals surface area (Å²) in [7, 11) is 3.26. The highest BCUT2D eigenvalue weighted by molar-refractivity contribution is 5.85. The molecule has 170 valence electrons. The van der Waals surface area contributed by atoms with Crippen LogP contribution in [0.4, 0.5) is 11.5 Å². The smallest absolute Gasteiger partial charge is 0.350 e. The molecule has 0 aliphatic carbocycles. The molecule has 1 aliphatic heterocycles. The Morgan fingerprint density at radius 3 is 2.25 bits per heavy atom. The number of aromatic nitrogens is 2. The zero-order valence-corrected chi connectivity index (χ0v) is 20.2. The van der Waals surface area contributed by atoms with Crippen LogP contribution in [0.5, 0.6) is 11.5 Å². The van der Waals surface area contributed by atoms with Gasteiger partial charge in [-0.1, -0.05) is 24.6 Å². The van der Waals surface area contributed by atoms with E-state index in [1.54, 1.807) is 14.2 Å². The maximum Gasteiger partial charge on any atom is 0.350 e. The summed E-state index contributed by atoms with van der Waals surface area (Å²) in [6.45, 7) is 8.30. The molecule has 0 radical (unpaired) electrons. The maximum atomic E-state index is 13.1. The zero-order valence-electron chi connectivity index (χ0n) is 19.4. The normalized spacial score (nSPS) is 14.1. The fourth-order valence-corrected chi connectivity index (χ4v) is 4.62. The van der Waals surface area contributed by atoms with E-state index in [1.165, 1.54) is 5.56 Å². The molecule has 1 aromatic heterocycles. The topological polar surface area (TPSA) is 65.4 Å². The molecular weight excluding hydrogens is 426 g/mol. The highest BCUT2D eigenvalue weighted by atomic mass is 35.5. The molecule has 1 N–H and O–H groups in total. The molecule has 4 rings (SSSR count). The Bertz CT molecular complexity index is 1200. The second-order valence-electron chi connectivity index (χ2n) is 8.21. The number of methoxy groups -OCH3 is 2. The SMILES string of the molecule is CC[C@H]1Cc2cc(OC)c(OC)cc2-c2cc(Nc3c(C)cc(C)cc3C)nc(=O)n21.Cl. The minimum Gasteiger partial charge on any atom is -0.493 e. The van der Waals surface area contributed by atoms with Crippen molar-refractivity contribution in [1.29, 1.82) is 0 Å². The zero-order chi connectivity index (χ0) is 22.3. The van der Waals surface area contributed by atoms with Crippen molar-refractivity contribution >= 4 is 23.9 Å². The number of fused-ring (bicyclic) bond motifs is 3. The Morgan fingerprint density at radius 2 is 1.66 bits per heavy atom. The van der Waals surface area contributed by atoms with E-state index in [2.05, 4.69) is 50.1 Å². The first kappa shape index (κ1) is 23.7. The number of hydrogen-bond donors (Lipinski definition) is 1. The summed E-state index contributed by atoms with van der Waals surface area (Å²) in [5.41, 5.74) is 7.16. The number of benzene rings is 2. The Hall–Kier alpha value is -2.99. The molecule has 0 amide bonds. The first-order valence-corrected chi connectivity index (χ1v) is 10.6. The fraction of sp³-hybridized carbons (Fsp3) is 0.360. The van der Waals surface area contributed by atoms with Crippen molar-refractivity contribution in [3.63, 3.8) is 0 Å². The molecule has 3 aromatic rings. The standard InChI is InChI=1S/C25H29N3O3.ClH/c1-7-18-10-17-11-21(30-5)22(31-6)12-19(17)20-13-23(27-25(29)28(18)20)26-24-15(3)8-14(2)9-16(24)4;/h8-9,11-13,18H,7,10H2,1-6H3,(H,26,27,29);1H/t18-;/m0./s1. The lowest BCUT2D eigenvalue weighted by Crippen LogP contribution is -2.32. The van der Waals surface area contributed by atoms with Gasteiger partial charge in [-0.2, -0.15) is 4.98 Å². The first-order chi connectivity index (χ1) is 14.9. The van der Waals surface area contributed by atoms with Gasteiger partial charge in [-0.05, 0) is 62.4 Å². The quantitative estimate of drug-likeness (QED) is 0.548. The molecule has 6 nitrogen and oxygen atoms in total. The number of nitrogens with one attached hydrogen (secondary N) is 1. The number of rotatable bonds is 5. The number of nitrogens with zero attached hydrogens (tertiary/aromatic N) is 2. The van der Waals surface area contributed by atoms with Crippen LogP contribution < -0.4 is 20.5 Å². The molecule has 2 heterocycles. The predicted molar refractivity (Wildman–Crippen MR) is 131 cm³/mol. The number of halogens is 1. The summed E-state index contributed by atoms with van der Waals surface area (Å²) in [4.78, 5) is 17.5. The van der Waals surface area contributed by atoms with E-state index in [-0.39, 0.29) is 24.1 Å². The van der Waals surface area contributed by atoms with Gasteiger partial charge in [0.25, 0.3) is 0 Å². The van der Waals surface area contributed by atoms with Crippen LogP contribution in [0.3, 0.4) is 0 Å². The number of hydrogen-bond acceptors (Lipinski definition) is 5. The van der Waals surface area contributed by atoms with Gasteiger partial charge >= 0.3 is 5.69 Å². The summed E-state index contributed by atoms with van der Waals surface area (Å²) in [5.74, 6) is 1.89. The molecule has 1 aliphatic rings. The van der Waals surface area contributed by atoms with Crippen LogP contribution in [-0.2, 0) is 6.42 Å². The van der Waals surface area contributed by atoms with Gasteiger partial charge in [0.15, 0.2) is 11.5 Å². The Balaban J connectivity index is 0.00000289. The first-order valence-electron chi connectivity index (χ1n) is 10.6. The van der Waals surface area contributed by atoms with Gasteiger partial charge in [-0.25, -0.2) is 4.79 Å². The molecule has 0 saturated carbocycles. The Morgan fingerprint density at radius 1 is 1.03 bits per heavy atom. The second-order valence-corrected chi connectivity index (χ2v) is 8.21. The van der Waals surface area contributed by atoms with E-state index < -0.39 is 0 Å². The average molecular weight is 456 g/mol. The largest absolute Gasteiger partial charge is 0.493 e. The lowest BCUT2D eigenvalue weighted by molar-refractivity contribution is 0.353. The van der Waals surface area contributed by atoms with E-state index in [4.69, 9.17) is 9.47 Å². The number of aryl methyl sites for hydroxylation is 3. The Labute approximate surface area is 195 Å². The van der Waals surface area contributed by atoms with Crippen molar-refractivity contribution in [2.75, 3.05) is 19.5 Å². The molecule has 0 unspecified atom stereocenters. The molecule has 7 heteroatoms. The van der Waals surface area contributed by atoms with Crippen LogP contribution in [0.25, 0.3) is 11.3 Å². The van der Waals surface area contributed by atoms with Crippen molar-refractivity contribution in [3.8, 4) is 22.8 Å². The van der Waals surface area contributed by atoms with Crippen LogP contribution in [0.1, 0.15) is 41.6 Å². The molecule has 32 heavy (non-hydrogen) atoms. The van der Waals surface area contributed by atoms with Gasteiger partial charge in [-0.15, -0.1) is 12.4 Å². The van der Waals surface area contributed by atoms with Crippen LogP contribution >= 0.6 is 12.4 Å². The maximum absolute atomic E-state index is 13.1. The van der Waals surface area contributed by atoms with Crippen molar-refractivity contribution in [2.24, 2.45) is 0 Å². The summed E-state index contributed by atoms with van der Waals surface area (Å²) >= 11 is 0. The van der Waals surface area contributed by atoms with Crippen molar-refractivity contribution in [1.82, 2.24) is 9.55 Å². The predicted octanol–water partition coefficient (Wildman–Crippen LogP) is 5.53. The minimum absolute atomic E-state index is 0. The second kappa shape index (κ2) is 9.25. The van der Waals surface area contributed by atoms with Crippen molar-refractivity contribution in [2.45, 2.75) is 46.6 Å². The minimum atomic E-state index is -0.241. The van der Waals surface area contributed by atoms with E-state index >= 15 is 0 Å². The average Bonchev–Trinajstić information content (AvgIpc) is 2.74. The number of anilines is 2. The van der Waals surface area contributed by atoms with Crippen molar-refractivity contribution < 1.29 is 9.47 Å². The summed E-state index contributed by atoms with van der Waals surface area (Å²) in [6.07, 6.45) is 1.59. The van der Waals surface area contributed by atoms with E-state index in [9.17, 15) is 4.79 Å². The monoisotopic (exact) mass is 455 g/mol. The highest BCUT2D eigenvalue weighted by Crippen LogP contribution is 2.41. The van der Waals surface area contributed by atoms with E-state index in [0.717, 1.165) is 46.5 Å². The summed E-state index contributed by atoms with van der Waals surface area (Å²) < 4.78 is 12.8. The van der Waals surface area contributed by atoms with Crippen molar-refractivity contribution in [3.05, 3.63) is 63.1 Å². The third-order valence-electron chi connectivity index (χ3n) is 6.06. The molecular formula is C25H30ClN3O3. The highest BCUT2D eigenvalue weighted by Gasteiger charge is 2.27. The van der Waals surface area contributed by atoms with Crippen LogP contribution in [0.2, 0.25) is 0 Å². The molecule has 0 saturated heterocycles. The number of ether oxygens (including phenoxy) is 2. The van der Waals surface area contributed by atoms with Crippen LogP contribution in [0.15, 0.2) is 35.1 Å². The van der Waals surface area contributed by atoms with Gasteiger partial charge in [0.2, 0.25) is 0 Å². The van der Waals surface area contributed by atoms with Crippen LogP contribution in [-0.4, -0.2) is 23.8 Å². The fourth-order valence-electron chi connectivity index (χ4n) is 4.62. The molecule has 0 bridgehead atoms. The van der Waals surface area contributed by atoms with Crippen LogP contribution in [0, 0.1) is 20.8 Å². The van der Waals surface area contributed by atoms with Gasteiger partial charge in [0.05, 0.1) is 19.9 Å². The molecule has 0 spiro atoms. The van der Waals surface area contributed by atoms with E-state index in [1.807, 2.05) is 22.8 Å². The van der Waals surface area contributed by atoms with Gasteiger partial charge in [-0.3, -0.25) is 4.57 Å². The molecule has 0 fully saturated rings. The van der Waals surface area contributed by atoms with E-state index in [0.29, 0.717) is 17.3 Å². The Kier molecular flexibility index (Phi) is 6.84. The van der Waals surface area contributed by atoms with Gasteiger partial charge < -0.3 is 14.8 Å². The third-order valence-corrected chi connectivity index (χ3v) is 6.06.